The fourth-order valence-electron chi connectivity index (χ4n) is 2.67. The first kappa shape index (κ1) is 15.1. The Morgan fingerprint density at radius 3 is 2.13 bits per heavy atom. The van der Waals surface area contributed by atoms with Crippen molar-refractivity contribution in [2.45, 2.75) is 6.92 Å². The van der Waals surface area contributed by atoms with E-state index in [1.165, 1.54) is 12.1 Å². The molecule has 1 N–H and O–H groups in total. The zero-order chi connectivity index (χ0) is 16.7. The van der Waals surface area contributed by atoms with E-state index in [9.17, 15) is 18.0 Å². The van der Waals surface area contributed by atoms with Crippen LogP contribution in [0.4, 0.5) is 13.2 Å². The third-order valence-electron chi connectivity index (χ3n) is 3.73. The zero-order valence-corrected chi connectivity index (χ0v) is 12.0. The molecule has 0 spiro atoms. The van der Waals surface area contributed by atoms with E-state index in [4.69, 9.17) is 5.11 Å². The molecule has 23 heavy (non-hydrogen) atoms. The smallest absolute Gasteiger partial charge is 0.335 e. The number of aryl methyl sites for hydroxylation is 1. The summed E-state index contributed by atoms with van der Waals surface area (Å²) in [4.78, 5) is 11.2. The average Bonchev–Trinajstić information content (AvgIpc) is 2.47. The summed E-state index contributed by atoms with van der Waals surface area (Å²) in [5.41, 5.74) is 0.425. The molecule has 0 aliphatic heterocycles. The Labute approximate surface area is 129 Å². The molecular formula is C18H11F3O2. The Morgan fingerprint density at radius 1 is 0.913 bits per heavy atom. The van der Waals surface area contributed by atoms with E-state index in [-0.39, 0.29) is 16.7 Å². The van der Waals surface area contributed by atoms with Crippen LogP contribution in [0.25, 0.3) is 21.9 Å². The molecule has 0 fully saturated rings. The Balaban J connectivity index is 2.43. The van der Waals surface area contributed by atoms with Crippen molar-refractivity contribution >= 4 is 16.7 Å². The molecule has 5 heteroatoms. The van der Waals surface area contributed by atoms with Gasteiger partial charge in [-0.25, -0.2) is 18.0 Å². The summed E-state index contributed by atoms with van der Waals surface area (Å²) in [7, 11) is 0. The molecular weight excluding hydrogens is 305 g/mol. The molecule has 0 heterocycles. The van der Waals surface area contributed by atoms with Crippen molar-refractivity contribution in [3.63, 3.8) is 0 Å². The molecule has 0 saturated carbocycles. The SMILES string of the molecule is Cc1ccc2ccc(C(=O)O)cc2c1-c1c(F)cc(F)cc1F. The monoisotopic (exact) mass is 316 g/mol. The van der Waals surface area contributed by atoms with Crippen LogP contribution >= 0.6 is 0 Å². The van der Waals surface area contributed by atoms with Gasteiger partial charge in [0.15, 0.2) is 0 Å². The number of aromatic carboxylic acids is 1. The van der Waals surface area contributed by atoms with Gasteiger partial charge in [0.1, 0.15) is 17.5 Å². The number of carboxylic acids is 1. The molecule has 3 rings (SSSR count). The highest BCUT2D eigenvalue weighted by Crippen LogP contribution is 2.36. The molecule has 0 unspecified atom stereocenters. The second-order valence-corrected chi connectivity index (χ2v) is 5.24. The van der Waals surface area contributed by atoms with Crippen molar-refractivity contribution < 1.29 is 23.1 Å². The highest BCUT2D eigenvalue weighted by molar-refractivity contribution is 6.02. The zero-order valence-electron chi connectivity index (χ0n) is 12.0. The molecule has 0 amide bonds. The maximum absolute atomic E-state index is 14.2. The van der Waals surface area contributed by atoms with E-state index in [1.807, 2.05) is 0 Å². The van der Waals surface area contributed by atoms with E-state index < -0.39 is 23.4 Å². The van der Waals surface area contributed by atoms with E-state index >= 15 is 0 Å². The van der Waals surface area contributed by atoms with Crippen LogP contribution in [-0.2, 0) is 0 Å². The van der Waals surface area contributed by atoms with Gasteiger partial charge in [-0.05, 0) is 41.0 Å². The Hall–Kier alpha value is -2.82. The molecule has 0 aromatic heterocycles. The Kier molecular flexibility index (Phi) is 3.56. The molecule has 0 bridgehead atoms. The Morgan fingerprint density at radius 2 is 1.52 bits per heavy atom. The lowest BCUT2D eigenvalue weighted by Crippen LogP contribution is -1.99. The molecule has 0 saturated heterocycles. The third-order valence-corrected chi connectivity index (χ3v) is 3.73. The van der Waals surface area contributed by atoms with E-state index in [0.717, 1.165) is 0 Å². The van der Waals surface area contributed by atoms with Crippen LogP contribution in [-0.4, -0.2) is 11.1 Å². The summed E-state index contributed by atoms with van der Waals surface area (Å²) in [6, 6.07) is 8.99. The molecule has 0 radical (unpaired) electrons. The molecule has 0 aliphatic carbocycles. The molecule has 3 aromatic rings. The van der Waals surface area contributed by atoms with Gasteiger partial charge in [-0.3, -0.25) is 0 Å². The minimum absolute atomic E-state index is 0.00674. The van der Waals surface area contributed by atoms with E-state index in [2.05, 4.69) is 0 Å². The highest BCUT2D eigenvalue weighted by atomic mass is 19.1. The van der Waals surface area contributed by atoms with Crippen LogP contribution in [0.5, 0.6) is 0 Å². The van der Waals surface area contributed by atoms with Crippen molar-refractivity contribution in [2.24, 2.45) is 0 Å². The first-order valence-corrected chi connectivity index (χ1v) is 6.80. The summed E-state index contributed by atoms with van der Waals surface area (Å²) in [6.45, 7) is 1.66. The number of halogens is 3. The number of hydrogen-bond donors (Lipinski definition) is 1. The van der Waals surface area contributed by atoms with Gasteiger partial charge < -0.3 is 5.11 Å². The number of rotatable bonds is 2. The molecule has 3 aromatic carbocycles. The topological polar surface area (TPSA) is 37.3 Å². The minimum Gasteiger partial charge on any atom is -0.478 e. The fourth-order valence-corrected chi connectivity index (χ4v) is 2.67. The van der Waals surface area contributed by atoms with Crippen molar-refractivity contribution in [3.05, 3.63) is 71.0 Å². The first-order valence-electron chi connectivity index (χ1n) is 6.80. The van der Waals surface area contributed by atoms with Crippen molar-refractivity contribution in [2.75, 3.05) is 0 Å². The lowest BCUT2D eigenvalue weighted by Gasteiger charge is -2.13. The summed E-state index contributed by atoms with van der Waals surface area (Å²) in [5, 5.41) is 10.2. The first-order chi connectivity index (χ1) is 10.9. The fraction of sp³-hybridized carbons (Fsp3) is 0.0556. The number of hydrogen-bond acceptors (Lipinski definition) is 1. The van der Waals surface area contributed by atoms with Crippen LogP contribution in [0.1, 0.15) is 15.9 Å². The second kappa shape index (κ2) is 5.43. The van der Waals surface area contributed by atoms with E-state index in [1.54, 1.807) is 25.1 Å². The van der Waals surface area contributed by atoms with Crippen LogP contribution < -0.4 is 0 Å². The second-order valence-electron chi connectivity index (χ2n) is 5.24. The number of carboxylic acid groups (broad SMARTS) is 1. The van der Waals surface area contributed by atoms with Gasteiger partial charge >= 0.3 is 5.97 Å². The van der Waals surface area contributed by atoms with Crippen molar-refractivity contribution in [1.82, 2.24) is 0 Å². The Bertz CT molecular complexity index is 925. The largest absolute Gasteiger partial charge is 0.478 e. The predicted octanol–water partition coefficient (Wildman–Crippen LogP) is 4.93. The summed E-state index contributed by atoms with van der Waals surface area (Å²) < 4.78 is 41.5. The van der Waals surface area contributed by atoms with Crippen molar-refractivity contribution in [1.29, 1.82) is 0 Å². The van der Waals surface area contributed by atoms with Crippen LogP contribution in [0.15, 0.2) is 42.5 Å². The standard InChI is InChI=1S/C18H11F3O2/c1-9-2-3-10-4-5-11(18(22)23)6-13(10)16(9)17-14(20)7-12(19)8-15(17)21/h2-8H,1H3,(H,22,23). The summed E-state index contributed by atoms with van der Waals surface area (Å²) in [6.07, 6.45) is 0. The number of benzene rings is 3. The lowest BCUT2D eigenvalue weighted by molar-refractivity contribution is 0.0697. The van der Waals surface area contributed by atoms with Crippen molar-refractivity contribution in [3.8, 4) is 11.1 Å². The molecule has 116 valence electrons. The van der Waals surface area contributed by atoms with Gasteiger partial charge in [-0.15, -0.1) is 0 Å². The maximum atomic E-state index is 14.2. The van der Waals surface area contributed by atoms with Crippen LogP contribution in [0, 0.1) is 24.4 Å². The third kappa shape index (κ3) is 2.54. The van der Waals surface area contributed by atoms with Gasteiger partial charge in [0, 0.05) is 12.1 Å². The highest BCUT2D eigenvalue weighted by Gasteiger charge is 2.18. The van der Waals surface area contributed by atoms with Gasteiger partial charge in [0.2, 0.25) is 0 Å². The quantitative estimate of drug-likeness (QED) is 0.728. The normalized spacial score (nSPS) is 11.0. The molecule has 2 nitrogen and oxygen atoms in total. The number of carbonyl (C=O) groups is 1. The minimum atomic E-state index is -1.14. The van der Waals surface area contributed by atoms with E-state index in [0.29, 0.717) is 28.5 Å². The van der Waals surface area contributed by atoms with Gasteiger partial charge in [0.05, 0.1) is 11.1 Å². The molecule has 0 aliphatic rings. The molecule has 0 atom stereocenters. The summed E-state index contributed by atoms with van der Waals surface area (Å²) >= 11 is 0. The predicted molar refractivity (Wildman–Crippen MR) is 81.0 cm³/mol. The average molecular weight is 316 g/mol. The maximum Gasteiger partial charge on any atom is 0.335 e. The summed E-state index contributed by atoms with van der Waals surface area (Å²) in [5.74, 6) is -4.20. The number of fused-ring (bicyclic) bond motifs is 1. The van der Waals surface area contributed by atoms with Gasteiger partial charge in [0.25, 0.3) is 0 Å². The van der Waals surface area contributed by atoms with Gasteiger partial charge in [-0.1, -0.05) is 18.2 Å². The lowest BCUT2D eigenvalue weighted by atomic mass is 9.92. The van der Waals surface area contributed by atoms with Gasteiger partial charge in [-0.2, -0.15) is 0 Å². The van der Waals surface area contributed by atoms with Crippen LogP contribution in [0.2, 0.25) is 0 Å². The van der Waals surface area contributed by atoms with Crippen LogP contribution in [0.3, 0.4) is 0 Å².